The molecule has 0 aromatic heterocycles. The Labute approximate surface area is 84.8 Å². The van der Waals surface area contributed by atoms with Crippen molar-refractivity contribution in [3.63, 3.8) is 0 Å². The van der Waals surface area contributed by atoms with Crippen molar-refractivity contribution in [1.82, 2.24) is 0 Å². The van der Waals surface area contributed by atoms with Crippen LogP contribution < -0.4 is 10.5 Å². The SMILES string of the molecule is COc1cc(Cl)c(CN)cc1Br. The van der Waals surface area contributed by atoms with Crippen LogP contribution in [0, 0.1) is 0 Å². The fraction of sp³-hybridized carbons (Fsp3) is 0.250. The number of methoxy groups -OCH3 is 1. The van der Waals surface area contributed by atoms with Crippen molar-refractivity contribution in [3.8, 4) is 5.75 Å². The predicted molar refractivity (Wildman–Crippen MR) is 53.6 cm³/mol. The van der Waals surface area contributed by atoms with Crippen LogP contribution in [0.5, 0.6) is 5.75 Å². The largest absolute Gasteiger partial charge is 0.496 e. The molecule has 0 spiro atoms. The number of hydrogen-bond donors (Lipinski definition) is 1. The first kappa shape index (κ1) is 9.84. The number of rotatable bonds is 2. The van der Waals surface area contributed by atoms with Crippen LogP contribution in [0.1, 0.15) is 5.56 Å². The van der Waals surface area contributed by atoms with Gasteiger partial charge in [0.2, 0.25) is 0 Å². The van der Waals surface area contributed by atoms with E-state index in [0.29, 0.717) is 11.6 Å². The molecule has 0 saturated heterocycles. The normalized spacial score (nSPS) is 10.0. The Kier molecular flexibility index (Phi) is 3.38. The molecule has 0 aliphatic heterocycles. The van der Waals surface area contributed by atoms with E-state index < -0.39 is 0 Å². The van der Waals surface area contributed by atoms with Gasteiger partial charge in [0.1, 0.15) is 5.75 Å². The van der Waals surface area contributed by atoms with Crippen LogP contribution in [-0.2, 0) is 6.54 Å². The molecular formula is C8H9BrClNO. The van der Waals surface area contributed by atoms with Gasteiger partial charge in [0.05, 0.1) is 11.6 Å². The fourth-order valence-electron chi connectivity index (χ4n) is 0.883. The molecule has 66 valence electrons. The lowest BCUT2D eigenvalue weighted by Gasteiger charge is -2.06. The van der Waals surface area contributed by atoms with Crippen LogP contribution in [-0.4, -0.2) is 7.11 Å². The molecule has 0 fully saturated rings. The average Bonchev–Trinajstić information content (AvgIpc) is 2.08. The minimum Gasteiger partial charge on any atom is -0.496 e. The summed E-state index contributed by atoms with van der Waals surface area (Å²) < 4.78 is 5.92. The van der Waals surface area contributed by atoms with Crippen LogP contribution in [0.25, 0.3) is 0 Å². The highest BCUT2D eigenvalue weighted by atomic mass is 79.9. The Balaban J connectivity index is 3.16. The summed E-state index contributed by atoms with van der Waals surface area (Å²) in [5.41, 5.74) is 6.37. The molecule has 4 heteroatoms. The van der Waals surface area contributed by atoms with Gasteiger partial charge in [0, 0.05) is 17.6 Å². The van der Waals surface area contributed by atoms with Gasteiger partial charge >= 0.3 is 0 Å². The van der Waals surface area contributed by atoms with Gasteiger partial charge in [0.15, 0.2) is 0 Å². The van der Waals surface area contributed by atoms with Crippen molar-refractivity contribution in [1.29, 1.82) is 0 Å². The van der Waals surface area contributed by atoms with E-state index in [2.05, 4.69) is 15.9 Å². The highest BCUT2D eigenvalue weighted by Gasteiger charge is 2.05. The van der Waals surface area contributed by atoms with Crippen molar-refractivity contribution in [2.45, 2.75) is 6.54 Å². The van der Waals surface area contributed by atoms with E-state index in [1.165, 1.54) is 0 Å². The summed E-state index contributed by atoms with van der Waals surface area (Å²) in [7, 11) is 1.60. The Bertz CT molecular complexity index is 261. The van der Waals surface area contributed by atoms with Gasteiger partial charge in [-0.1, -0.05) is 11.6 Å². The summed E-state index contributed by atoms with van der Waals surface area (Å²) in [5, 5.41) is 0.637. The topological polar surface area (TPSA) is 35.2 Å². The second-order valence-electron chi connectivity index (χ2n) is 2.28. The number of benzene rings is 1. The maximum atomic E-state index is 5.90. The van der Waals surface area contributed by atoms with Crippen molar-refractivity contribution in [3.05, 3.63) is 27.2 Å². The Hall–Kier alpha value is -0.250. The molecule has 12 heavy (non-hydrogen) atoms. The zero-order valence-corrected chi connectivity index (χ0v) is 8.95. The molecular weight excluding hydrogens is 241 g/mol. The Morgan fingerprint density at radius 2 is 2.25 bits per heavy atom. The number of ether oxygens (including phenoxy) is 1. The van der Waals surface area contributed by atoms with Crippen molar-refractivity contribution in [2.24, 2.45) is 5.73 Å². The van der Waals surface area contributed by atoms with Gasteiger partial charge in [-0.05, 0) is 27.6 Å². The highest BCUT2D eigenvalue weighted by Crippen LogP contribution is 2.30. The van der Waals surface area contributed by atoms with E-state index in [1.807, 2.05) is 6.07 Å². The highest BCUT2D eigenvalue weighted by molar-refractivity contribution is 9.10. The number of nitrogens with two attached hydrogens (primary N) is 1. The standard InChI is InChI=1S/C8H9BrClNO/c1-12-8-3-7(10)5(4-11)2-6(8)9/h2-3H,4,11H2,1H3. The van der Waals surface area contributed by atoms with E-state index in [4.69, 9.17) is 22.1 Å². The third-order valence-electron chi connectivity index (χ3n) is 1.54. The lowest BCUT2D eigenvalue weighted by molar-refractivity contribution is 0.412. The molecule has 2 nitrogen and oxygen atoms in total. The van der Waals surface area contributed by atoms with Crippen molar-refractivity contribution >= 4 is 27.5 Å². The van der Waals surface area contributed by atoms with Crippen molar-refractivity contribution in [2.75, 3.05) is 7.11 Å². The van der Waals surface area contributed by atoms with E-state index in [0.717, 1.165) is 15.8 Å². The average molecular weight is 251 g/mol. The molecule has 1 aromatic rings. The maximum Gasteiger partial charge on any atom is 0.134 e. The smallest absolute Gasteiger partial charge is 0.134 e. The molecule has 1 aromatic carbocycles. The number of hydrogen-bond acceptors (Lipinski definition) is 2. The number of halogens is 2. The summed E-state index contributed by atoms with van der Waals surface area (Å²) in [5.74, 6) is 0.720. The zero-order chi connectivity index (χ0) is 9.14. The monoisotopic (exact) mass is 249 g/mol. The summed E-state index contributed by atoms with van der Waals surface area (Å²) in [6.07, 6.45) is 0. The zero-order valence-electron chi connectivity index (χ0n) is 6.60. The lowest BCUT2D eigenvalue weighted by Crippen LogP contribution is -1.97. The van der Waals surface area contributed by atoms with Crippen LogP contribution in [0.4, 0.5) is 0 Å². The second kappa shape index (κ2) is 4.12. The van der Waals surface area contributed by atoms with Gasteiger partial charge in [0.25, 0.3) is 0 Å². The fourth-order valence-corrected chi connectivity index (χ4v) is 1.67. The van der Waals surface area contributed by atoms with Gasteiger partial charge in [-0.2, -0.15) is 0 Å². The molecule has 0 amide bonds. The molecule has 2 N–H and O–H groups in total. The Morgan fingerprint density at radius 1 is 1.58 bits per heavy atom. The van der Waals surface area contributed by atoms with E-state index in [-0.39, 0.29) is 0 Å². The molecule has 0 bridgehead atoms. The summed E-state index contributed by atoms with van der Waals surface area (Å²) in [4.78, 5) is 0. The quantitative estimate of drug-likeness (QED) is 0.875. The first-order chi connectivity index (χ1) is 5.69. The van der Waals surface area contributed by atoms with Gasteiger partial charge in [-0.25, -0.2) is 0 Å². The summed E-state index contributed by atoms with van der Waals surface area (Å²) in [6.45, 7) is 0.432. The van der Waals surface area contributed by atoms with Crippen LogP contribution >= 0.6 is 27.5 Å². The first-order valence-electron chi connectivity index (χ1n) is 3.41. The predicted octanol–water partition coefficient (Wildman–Crippen LogP) is 2.57. The van der Waals surface area contributed by atoms with Crippen LogP contribution in [0.15, 0.2) is 16.6 Å². The molecule has 0 heterocycles. The molecule has 0 unspecified atom stereocenters. The molecule has 0 saturated carbocycles. The van der Waals surface area contributed by atoms with E-state index >= 15 is 0 Å². The summed E-state index contributed by atoms with van der Waals surface area (Å²) >= 11 is 9.24. The minimum atomic E-state index is 0.432. The maximum absolute atomic E-state index is 5.90. The lowest BCUT2D eigenvalue weighted by atomic mass is 10.2. The third-order valence-corrected chi connectivity index (χ3v) is 2.51. The van der Waals surface area contributed by atoms with Crippen LogP contribution in [0.2, 0.25) is 5.02 Å². The first-order valence-corrected chi connectivity index (χ1v) is 4.58. The van der Waals surface area contributed by atoms with E-state index in [9.17, 15) is 0 Å². The molecule has 1 rings (SSSR count). The van der Waals surface area contributed by atoms with Crippen LogP contribution in [0.3, 0.4) is 0 Å². The molecule has 0 aliphatic rings. The van der Waals surface area contributed by atoms with Gasteiger partial charge in [-0.3, -0.25) is 0 Å². The van der Waals surface area contributed by atoms with Gasteiger partial charge in [-0.15, -0.1) is 0 Å². The third kappa shape index (κ3) is 1.91. The Morgan fingerprint density at radius 3 is 2.75 bits per heavy atom. The molecule has 0 aliphatic carbocycles. The molecule has 0 radical (unpaired) electrons. The molecule has 0 atom stereocenters. The second-order valence-corrected chi connectivity index (χ2v) is 3.54. The summed E-state index contributed by atoms with van der Waals surface area (Å²) in [6, 6.07) is 3.61. The van der Waals surface area contributed by atoms with E-state index in [1.54, 1.807) is 13.2 Å². The van der Waals surface area contributed by atoms with Gasteiger partial charge < -0.3 is 10.5 Å². The van der Waals surface area contributed by atoms with Crippen molar-refractivity contribution < 1.29 is 4.74 Å². The minimum absolute atomic E-state index is 0.432.